The molecule has 1 saturated carbocycles. The molecule has 0 atom stereocenters. The van der Waals surface area contributed by atoms with E-state index in [0.717, 1.165) is 72.7 Å². The summed E-state index contributed by atoms with van der Waals surface area (Å²) < 4.78 is 0. The van der Waals surface area contributed by atoms with Gasteiger partial charge in [-0.15, -0.1) is 24.8 Å². The molecule has 206 valence electrons. The van der Waals surface area contributed by atoms with Gasteiger partial charge in [-0.1, -0.05) is 29.3 Å². The summed E-state index contributed by atoms with van der Waals surface area (Å²) in [4.78, 5) is 19.7. The third-order valence-electron chi connectivity index (χ3n) is 7.52. The van der Waals surface area contributed by atoms with E-state index in [1.165, 1.54) is 19.4 Å². The van der Waals surface area contributed by atoms with E-state index in [4.69, 9.17) is 23.2 Å². The zero-order valence-electron chi connectivity index (χ0n) is 21.3. The Kier molecular flexibility index (Phi) is 10.9. The Morgan fingerprint density at radius 3 is 2.34 bits per heavy atom. The molecule has 0 spiro atoms. The number of phenols is 1. The molecule has 6 nitrogen and oxygen atoms in total. The lowest BCUT2D eigenvalue weighted by atomic mass is 9.85. The molecule has 3 aromatic rings. The minimum atomic E-state index is -0.127. The SMILES string of the molecule is CC(=O)c1cnc2ccc(-c3cc(Cl)c(O)c(Cl)c3)cc2c1N[C@H]1CC[C@H](CN2CCNCC2)CC1.Cl.Cl. The summed E-state index contributed by atoms with van der Waals surface area (Å²) in [5.41, 5.74) is 3.93. The number of piperazine rings is 1. The van der Waals surface area contributed by atoms with E-state index in [0.29, 0.717) is 11.6 Å². The number of ketones is 1. The number of anilines is 1. The molecule has 10 heteroatoms. The number of pyridine rings is 1. The van der Waals surface area contributed by atoms with Gasteiger partial charge in [-0.05, 0) is 73.9 Å². The number of hydrogen-bond acceptors (Lipinski definition) is 6. The van der Waals surface area contributed by atoms with E-state index in [2.05, 4.69) is 20.5 Å². The molecule has 0 amide bonds. The molecule has 1 aromatic heterocycles. The summed E-state index contributed by atoms with van der Waals surface area (Å²) >= 11 is 12.4. The molecule has 1 aliphatic heterocycles. The van der Waals surface area contributed by atoms with Gasteiger partial charge in [0.05, 0.1) is 26.8 Å². The summed E-state index contributed by atoms with van der Waals surface area (Å²) in [5, 5.41) is 18.4. The minimum absolute atomic E-state index is 0. The molecule has 0 unspecified atom stereocenters. The van der Waals surface area contributed by atoms with Crippen LogP contribution in [0, 0.1) is 5.92 Å². The zero-order chi connectivity index (χ0) is 25.2. The Bertz CT molecular complexity index is 1250. The van der Waals surface area contributed by atoms with Crippen LogP contribution in [0.1, 0.15) is 43.0 Å². The Balaban J connectivity index is 0.00000200. The number of aromatic nitrogens is 1. The third-order valence-corrected chi connectivity index (χ3v) is 8.09. The van der Waals surface area contributed by atoms with E-state index >= 15 is 0 Å². The first-order valence-electron chi connectivity index (χ1n) is 12.7. The van der Waals surface area contributed by atoms with Gasteiger partial charge >= 0.3 is 0 Å². The first kappa shape index (κ1) is 30.7. The smallest absolute Gasteiger partial charge is 0.163 e. The standard InChI is InChI=1S/C28H32Cl2N4O2.2ClH/c1-17(35)23-15-32-26-7-4-19(20-13-24(29)28(36)25(30)14-20)12-22(26)27(23)33-21-5-2-18(3-6-21)16-34-10-8-31-9-11-34;;/h4,7,12-15,18,21,31,36H,2-3,5-6,8-11,16H2,1H3,(H,32,33);2*1H/t18-,21-;;. The average Bonchev–Trinajstić information content (AvgIpc) is 2.88. The fourth-order valence-electron chi connectivity index (χ4n) is 5.48. The predicted octanol–water partition coefficient (Wildman–Crippen LogP) is 6.84. The van der Waals surface area contributed by atoms with Crippen molar-refractivity contribution in [3.8, 4) is 16.9 Å². The summed E-state index contributed by atoms with van der Waals surface area (Å²) in [6, 6.07) is 9.62. The topological polar surface area (TPSA) is 77.5 Å². The van der Waals surface area contributed by atoms with E-state index in [1.807, 2.05) is 18.2 Å². The van der Waals surface area contributed by atoms with Crippen LogP contribution in [-0.2, 0) is 0 Å². The summed E-state index contributed by atoms with van der Waals surface area (Å²) in [5.74, 6) is 0.594. The molecular weight excluding hydrogens is 566 g/mol. The second-order valence-corrected chi connectivity index (χ2v) is 10.9. The van der Waals surface area contributed by atoms with Crippen molar-refractivity contribution in [1.29, 1.82) is 0 Å². The number of halogens is 4. The zero-order valence-corrected chi connectivity index (χ0v) is 24.4. The summed E-state index contributed by atoms with van der Waals surface area (Å²) in [7, 11) is 0. The maximum absolute atomic E-state index is 12.6. The van der Waals surface area contributed by atoms with Gasteiger partial charge in [-0.3, -0.25) is 9.78 Å². The number of benzene rings is 2. The molecule has 2 fully saturated rings. The van der Waals surface area contributed by atoms with Crippen molar-refractivity contribution < 1.29 is 9.90 Å². The monoisotopic (exact) mass is 598 g/mol. The molecule has 2 aromatic carbocycles. The van der Waals surface area contributed by atoms with Gasteiger partial charge < -0.3 is 20.6 Å². The van der Waals surface area contributed by atoms with Gasteiger partial charge in [-0.2, -0.15) is 0 Å². The highest BCUT2D eigenvalue weighted by Gasteiger charge is 2.25. The molecule has 3 N–H and O–H groups in total. The minimum Gasteiger partial charge on any atom is -0.505 e. The highest BCUT2D eigenvalue weighted by molar-refractivity contribution is 6.37. The van der Waals surface area contributed by atoms with Crippen LogP contribution in [0.25, 0.3) is 22.0 Å². The number of aromatic hydroxyl groups is 1. The lowest BCUT2D eigenvalue weighted by Gasteiger charge is -2.35. The summed E-state index contributed by atoms with van der Waals surface area (Å²) in [6.07, 6.45) is 6.23. The van der Waals surface area contributed by atoms with Crippen LogP contribution in [0.4, 0.5) is 5.69 Å². The Labute approximate surface area is 246 Å². The third kappa shape index (κ3) is 6.85. The number of rotatable bonds is 6. The second-order valence-electron chi connectivity index (χ2n) is 10.0. The van der Waals surface area contributed by atoms with Crippen LogP contribution in [0.15, 0.2) is 36.5 Å². The van der Waals surface area contributed by atoms with Crippen molar-refractivity contribution >= 4 is 70.4 Å². The molecule has 1 aliphatic carbocycles. The Hall–Kier alpha value is -1.80. The molecule has 0 bridgehead atoms. The molecule has 2 heterocycles. The molecule has 5 rings (SSSR count). The van der Waals surface area contributed by atoms with Crippen LogP contribution in [-0.4, -0.2) is 59.5 Å². The van der Waals surface area contributed by atoms with Crippen molar-refractivity contribution in [2.75, 3.05) is 38.0 Å². The Morgan fingerprint density at radius 1 is 1.05 bits per heavy atom. The van der Waals surface area contributed by atoms with Crippen molar-refractivity contribution in [3.05, 3.63) is 52.1 Å². The molecule has 0 radical (unpaired) electrons. The van der Waals surface area contributed by atoms with Crippen LogP contribution in [0.5, 0.6) is 5.75 Å². The van der Waals surface area contributed by atoms with E-state index < -0.39 is 0 Å². The number of carbonyl (C=O) groups is 1. The Morgan fingerprint density at radius 2 is 1.71 bits per heavy atom. The second kappa shape index (κ2) is 13.5. The number of Topliss-reactive ketones (excluding diaryl/α,β-unsaturated/α-hetero) is 1. The fourth-order valence-corrected chi connectivity index (χ4v) is 5.97. The van der Waals surface area contributed by atoms with E-state index in [9.17, 15) is 9.90 Å². The molecular formula is C28H34Cl4N4O2. The molecule has 38 heavy (non-hydrogen) atoms. The molecule has 2 aliphatic rings. The number of phenolic OH excluding ortho intramolecular Hbond substituents is 1. The number of carbonyl (C=O) groups excluding carboxylic acids is 1. The van der Waals surface area contributed by atoms with Crippen molar-refractivity contribution in [1.82, 2.24) is 15.2 Å². The van der Waals surface area contributed by atoms with Gasteiger partial charge in [-0.25, -0.2) is 0 Å². The van der Waals surface area contributed by atoms with Crippen LogP contribution >= 0.6 is 48.0 Å². The van der Waals surface area contributed by atoms with Gasteiger partial charge in [0.25, 0.3) is 0 Å². The van der Waals surface area contributed by atoms with E-state index in [-0.39, 0.29) is 46.4 Å². The fraction of sp³-hybridized carbons (Fsp3) is 0.429. The maximum Gasteiger partial charge on any atom is 0.163 e. The van der Waals surface area contributed by atoms with Gasteiger partial charge in [0.15, 0.2) is 11.5 Å². The van der Waals surface area contributed by atoms with Gasteiger partial charge in [0.1, 0.15) is 0 Å². The van der Waals surface area contributed by atoms with Crippen LogP contribution < -0.4 is 10.6 Å². The number of hydrogen-bond donors (Lipinski definition) is 3. The first-order valence-corrected chi connectivity index (χ1v) is 13.5. The van der Waals surface area contributed by atoms with Crippen LogP contribution in [0.2, 0.25) is 10.0 Å². The normalized spacial score (nSPS) is 19.9. The quantitative estimate of drug-likeness (QED) is 0.269. The first-order chi connectivity index (χ1) is 17.4. The van der Waals surface area contributed by atoms with Crippen molar-refractivity contribution in [3.63, 3.8) is 0 Å². The number of fused-ring (bicyclic) bond motifs is 1. The van der Waals surface area contributed by atoms with Crippen molar-refractivity contribution in [2.45, 2.75) is 38.6 Å². The molecule has 1 saturated heterocycles. The highest BCUT2D eigenvalue weighted by atomic mass is 35.5. The maximum atomic E-state index is 12.6. The van der Waals surface area contributed by atoms with Crippen molar-refractivity contribution in [2.24, 2.45) is 5.92 Å². The summed E-state index contributed by atoms with van der Waals surface area (Å²) in [6.45, 7) is 7.23. The van der Waals surface area contributed by atoms with Gasteiger partial charge in [0, 0.05) is 50.3 Å². The highest BCUT2D eigenvalue weighted by Crippen LogP contribution is 2.38. The van der Waals surface area contributed by atoms with Gasteiger partial charge in [0.2, 0.25) is 0 Å². The average molecular weight is 600 g/mol. The lowest BCUT2D eigenvalue weighted by Crippen LogP contribution is -2.45. The number of nitrogens with zero attached hydrogens (tertiary/aromatic N) is 2. The lowest BCUT2D eigenvalue weighted by molar-refractivity contribution is 0.101. The predicted molar refractivity (Wildman–Crippen MR) is 162 cm³/mol. The number of nitrogens with one attached hydrogen (secondary N) is 2. The van der Waals surface area contributed by atoms with E-state index in [1.54, 1.807) is 25.3 Å². The van der Waals surface area contributed by atoms with Crippen LogP contribution in [0.3, 0.4) is 0 Å². The largest absolute Gasteiger partial charge is 0.505 e.